The van der Waals surface area contributed by atoms with Crippen LogP contribution in [0, 0.1) is 11.7 Å². The zero-order valence-electron chi connectivity index (χ0n) is 15.7. The zero-order valence-corrected chi connectivity index (χ0v) is 15.7. The highest BCUT2D eigenvalue weighted by Crippen LogP contribution is 2.37. The largest absolute Gasteiger partial charge is 0.343 e. The number of halogens is 1. The maximum Gasteiger partial charge on any atom is 0.136 e. The summed E-state index contributed by atoms with van der Waals surface area (Å²) in [7, 11) is 0. The monoisotopic (exact) mass is 368 g/mol. The van der Waals surface area contributed by atoms with Crippen LogP contribution in [0.15, 0.2) is 48.5 Å². The highest BCUT2D eigenvalue weighted by atomic mass is 19.1. The summed E-state index contributed by atoms with van der Waals surface area (Å²) in [6.07, 6.45) is 5.96. The predicted molar refractivity (Wildman–Crippen MR) is 107 cm³/mol. The van der Waals surface area contributed by atoms with Crippen LogP contribution in [-0.4, -0.2) is 17.7 Å². The summed E-state index contributed by atoms with van der Waals surface area (Å²) in [5.41, 5.74) is 16.6. The van der Waals surface area contributed by atoms with E-state index in [1.807, 2.05) is 6.07 Å². The smallest absolute Gasteiger partial charge is 0.136 e. The average Bonchev–Trinajstić information content (AvgIpc) is 2.71. The molecule has 2 aromatic carbocycles. The fourth-order valence-corrected chi connectivity index (χ4v) is 4.51. The minimum absolute atomic E-state index is 0.227. The van der Waals surface area contributed by atoms with Crippen LogP contribution in [-0.2, 0) is 6.54 Å². The van der Waals surface area contributed by atoms with Gasteiger partial charge in [0.05, 0.1) is 6.17 Å². The van der Waals surface area contributed by atoms with Gasteiger partial charge in [-0.2, -0.15) is 0 Å². The van der Waals surface area contributed by atoms with E-state index in [4.69, 9.17) is 11.5 Å². The topological polar surface area (TPSA) is 58.5 Å². The number of nitrogens with zero attached hydrogens (tertiary/aromatic N) is 2. The number of para-hydroxylation sites is 1. The first-order valence-corrected chi connectivity index (χ1v) is 10.0. The molecule has 2 aliphatic rings. The fraction of sp³-hybridized carbons (Fsp3) is 0.455. The van der Waals surface area contributed by atoms with E-state index in [1.165, 1.54) is 44.2 Å². The van der Waals surface area contributed by atoms with Crippen LogP contribution in [0.4, 0.5) is 10.1 Å². The minimum atomic E-state index is -0.290. The summed E-state index contributed by atoms with van der Waals surface area (Å²) < 4.78 is 13.3. The van der Waals surface area contributed by atoms with Crippen molar-refractivity contribution in [2.45, 2.75) is 51.1 Å². The third-order valence-electron chi connectivity index (χ3n) is 6.04. The van der Waals surface area contributed by atoms with Crippen LogP contribution in [0.25, 0.3) is 0 Å². The van der Waals surface area contributed by atoms with Crippen LogP contribution in [0.3, 0.4) is 0 Å². The molecule has 1 aliphatic carbocycles. The van der Waals surface area contributed by atoms with Crippen LogP contribution < -0.4 is 16.4 Å². The molecule has 0 bridgehead atoms. The van der Waals surface area contributed by atoms with E-state index in [0.29, 0.717) is 12.5 Å². The number of fused-ring (bicyclic) bond motifs is 1. The van der Waals surface area contributed by atoms with Crippen LogP contribution in [0.1, 0.15) is 49.4 Å². The summed E-state index contributed by atoms with van der Waals surface area (Å²) in [6.45, 7) is 1.56. The van der Waals surface area contributed by atoms with E-state index in [1.54, 1.807) is 12.1 Å². The van der Waals surface area contributed by atoms with Crippen LogP contribution in [0.5, 0.6) is 0 Å². The van der Waals surface area contributed by atoms with Gasteiger partial charge in [0.2, 0.25) is 0 Å². The SMILES string of the molecule is NC1c2ccccc2N(CC2CCCCC2)C(N)N1Cc1ccc(F)cc1. The third-order valence-corrected chi connectivity index (χ3v) is 6.04. The molecule has 2 aromatic rings. The van der Waals surface area contributed by atoms with Crippen molar-refractivity contribution >= 4 is 5.69 Å². The Morgan fingerprint density at radius 3 is 2.37 bits per heavy atom. The second-order valence-electron chi connectivity index (χ2n) is 7.87. The van der Waals surface area contributed by atoms with Crippen molar-refractivity contribution in [1.29, 1.82) is 0 Å². The Bertz CT molecular complexity index is 757. The predicted octanol–water partition coefficient (Wildman–Crippen LogP) is 3.93. The molecule has 0 spiro atoms. The van der Waals surface area contributed by atoms with Crippen molar-refractivity contribution < 1.29 is 4.39 Å². The summed E-state index contributed by atoms with van der Waals surface area (Å²) in [5.74, 6) is 0.454. The first kappa shape index (κ1) is 18.4. The van der Waals surface area contributed by atoms with Gasteiger partial charge in [0.1, 0.15) is 12.1 Å². The molecular weight excluding hydrogens is 339 g/mol. The molecular formula is C22H29FN4. The Morgan fingerprint density at radius 2 is 1.63 bits per heavy atom. The quantitative estimate of drug-likeness (QED) is 0.859. The molecule has 27 heavy (non-hydrogen) atoms. The second-order valence-corrected chi connectivity index (χ2v) is 7.87. The molecule has 0 aromatic heterocycles. The van der Waals surface area contributed by atoms with Crippen LogP contribution in [0.2, 0.25) is 0 Å². The summed E-state index contributed by atoms with van der Waals surface area (Å²) in [4.78, 5) is 4.43. The van der Waals surface area contributed by atoms with Gasteiger partial charge in [0.15, 0.2) is 0 Å². The van der Waals surface area contributed by atoms with Crippen molar-refractivity contribution in [3.05, 3.63) is 65.5 Å². The number of hydrogen-bond donors (Lipinski definition) is 2. The van der Waals surface area contributed by atoms with Crippen molar-refractivity contribution in [3.8, 4) is 0 Å². The van der Waals surface area contributed by atoms with E-state index in [2.05, 4.69) is 28.0 Å². The fourth-order valence-electron chi connectivity index (χ4n) is 4.51. The average molecular weight is 368 g/mol. The molecule has 0 saturated heterocycles. The molecule has 1 saturated carbocycles. The number of benzene rings is 2. The van der Waals surface area contributed by atoms with E-state index in [9.17, 15) is 4.39 Å². The van der Waals surface area contributed by atoms with Gasteiger partial charge in [-0.15, -0.1) is 0 Å². The van der Waals surface area contributed by atoms with Gasteiger partial charge in [-0.05, 0) is 42.5 Å². The van der Waals surface area contributed by atoms with Gasteiger partial charge >= 0.3 is 0 Å². The summed E-state index contributed by atoms with van der Waals surface area (Å²) in [5, 5.41) is 0. The molecule has 2 atom stereocenters. The molecule has 144 valence electrons. The van der Waals surface area contributed by atoms with Crippen molar-refractivity contribution in [1.82, 2.24) is 4.90 Å². The Labute approximate surface area is 160 Å². The summed E-state index contributed by atoms with van der Waals surface area (Å²) in [6, 6.07) is 14.9. The molecule has 2 unspecified atom stereocenters. The highest BCUT2D eigenvalue weighted by molar-refractivity contribution is 5.57. The zero-order chi connectivity index (χ0) is 18.8. The number of anilines is 1. The molecule has 0 amide bonds. The molecule has 0 radical (unpaired) electrons. The molecule has 1 fully saturated rings. The lowest BCUT2D eigenvalue weighted by atomic mass is 9.88. The third kappa shape index (κ3) is 3.86. The van der Waals surface area contributed by atoms with Crippen molar-refractivity contribution in [2.75, 3.05) is 11.4 Å². The van der Waals surface area contributed by atoms with E-state index < -0.39 is 0 Å². The van der Waals surface area contributed by atoms with Crippen molar-refractivity contribution in [2.24, 2.45) is 17.4 Å². The van der Waals surface area contributed by atoms with E-state index in [-0.39, 0.29) is 18.3 Å². The van der Waals surface area contributed by atoms with Crippen molar-refractivity contribution in [3.63, 3.8) is 0 Å². The minimum Gasteiger partial charge on any atom is -0.343 e. The lowest BCUT2D eigenvalue weighted by Gasteiger charge is -2.48. The molecule has 5 heteroatoms. The lowest BCUT2D eigenvalue weighted by Crippen LogP contribution is -2.61. The number of hydrogen-bond acceptors (Lipinski definition) is 4. The van der Waals surface area contributed by atoms with Crippen LogP contribution >= 0.6 is 0 Å². The number of nitrogens with two attached hydrogens (primary N) is 2. The second kappa shape index (κ2) is 7.97. The first-order valence-electron chi connectivity index (χ1n) is 10.0. The van der Waals surface area contributed by atoms with Gasteiger partial charge in [-0.3, -0.25) is 5.73 Å². The highest BCUT2D eigenvalue weighted by Gasteiger charge is 2.36. The first-order chi connectivity index (χ1) is 13.1. The Hall–Kier alpha value is -1.95. The van der Waals surface area contributed by atoms with E-state index >= 15 is 0 Å². The standard InChI is InChI=1S/C22H29FN4/c23-18-12-10-17(11-13-18)15-27-21(24)19-8-4-5-9-20(19)26(22(27)25)14-16-6-2-1-3-7-16/h4-5,8-13,16,21-22H,1-3,6-7,14-15,24-25H2. The van der Waals surface area contributed by atoms with Gasteiger partial charge in [0, 0.05) is 24.3 Å². The van der Waals surface area contributed by atoms with Gasteiger partial charge < -0.3 is 10.6 Å². The molecule has 4 N–H and O–H groups in total. The molecule has 1 heterocycles. The number of rotatable bonds is 4. The Morgan fingerprint density at radius 1 is 0.926 bits per heavy atom. The van der Waals surface area contributed by atoms with Gasteiger partial charge in [-0.1, -0.05) is 49.6 Å². The van der Waals surface area contributed by atoms with Gasteiger partial charge in [-0.25, -0.2) is 9.29 Å². The molecule has 4 nitrogen and oxygen atoms in total. The lowest BCUT2D eigenvalue weighted by molar-refractivity contribution is 0.109. The molecule has 1 aliphatic heterocycles. The normalized spacial score (nSPS) is 24.0. The Kier molecular flexibility index (Phi) is 5.43. The Balaban J connectivity index is 1.61. The maximum atomic E-state index is 13.3. The van der Waals surface area contributed by atoms with Gasteiger partial charge in [0.25, 0.3) is 0 Å². The summed E-state index contributed by atoms with van der Waals surface area (Å²) >= 11 is 0. The van der Waals surface area contributed by atoms with E-state index in [0.717, 1.165) is 23.4 Å². The maximum absolute atomic E-state index is 13.3. The molecule has 4 rings (SSSR count).